The van der Waals surface area contributed by atoms with Crippen molar-refractivity contribution in [2.24, 2.45) is 5.92 Å². The lowest BCUT2D eigenvalue weighted by Gasteiger charge is -2.08. The van der Waals surface area contributed by atoms with Gasteiger partial charge in [0.05, 0.1) is 0 Å². The second-order valence-electron chi connectivity index (χ2n) is 4.85. The van der Waals surface area contributed by atoms with Crippen LogP contribution in [0.25, 0.3) is 0 Å². The molecule has 0 heterocycles. The van der Waals surface area contributed by atoms with Gasteiger partial charge in [0.15, 0.2) is 0 Å². The van der Waals surface area contributed by atoms with Gasteiger partial charge in [-0.05, 0) is 38.8 Å². The Kier molecular flexibility index (Phi) is 10.7. The second kappa shape index (κ2) is 10.8. The van der Waals surface area contributed by atoms with Gasteiger partial charge in [0.25, 0.3) is 0 Å². The van der Waals surface area contributed by atoms with Gasteiger partial charge in [0.1, 0.15) is 0 Å². The van der Waals surface area contributed by atoms with Gasteiger partial charge >= 0.3 is 0 Å². The van der Waals surface area contributed by atoms with Crippen LogP contribution in [0.5, 0.6) is 0 Å². The van der Waals surface area contributed by atoms with E-state index in [2.05, 4.69) is 10.6 Å². The van der Waals surface area contributed by atoms with Crippen LogP contribution in [0.4, 0.5) is 0 Å². The molecule has 1 aliphatic rings. The van der Waals surface area contributed by atoms with E-state index in [-0.39, 0.29) is 18.3 Å². The number of carbonyl (C=O) groups excluding carboxylic acids is 1. The van der Waals surface area contributed by atoms with E-state index < -0.39 is 0 Å². The molecule has 1 aliphatic carbocycles. The second-order valence-corrected chi connectivity index (χ2v) is 4.85. The zero-order valence-corrected chi connectivity index (χ0v) is 11.8. The van der Waals surface area contributed by atoms with Gasteiger partial charge in [-0.1, -0.05) is 25.7 Å². The molecule has 0 saturated heterocycles. The smallest absolute Gasteiger partial charge is 0.219 e. The monoisotopic (exact) mass is 262 g/mol. The first-order valence-electron chi connectivity index (χ1n) is 6.74. The fourth-order valence-corrected chi connectivity index (χ4v) is 2.43. The van der Waals surface area contributed by atoms with Gasteiger partial charge in [-0.25, -0.2) is 0 Å². The molecule has 0 atom stereocenters. The quantitative estimate of drug-likeness (QED) is 0.660. The predicted molar refractivity (Wildman–Crippen MR) is 74.6 cm³/mol. The fraction of sp³-hybridized carbons (Fsp3) is 0.923. The molecule has 0 aliphatic heterocycles. The minimum Gasteiger partial charge on any atom is -0.356 e. The molecular weight excluding hydrogens is 236 g/mol. The van der Waals surface area contributed by atoms with Crippen LogP contribution in [0.2, 0.25) is 0 Å². The molecule has 3 nitrogen and oxygen atoms in total. The Morgan fingerprint density at radius 3 is 2.53 bits per heavy atom. The van der Waals surface area contributed by atoms with E-state index in [1.165, 1.54) is 32.1 Å². The largest absolute Gasteiger partial charge is 0.356 e. The molecule has 4 heteroatoms. The van der Waals surface area contributed by atoms with Crippen molar-refractivity contribution in [2.75, 3.05) is 20.1 Å². The summed E-state index contributed by atoms with van der Waals surface area (Å²) in [6.45, 7) is 1.78. The third-order valence-electron chi connectivity index (χ3n) is 3.42. The van der Waals surface area contributed by atoms with Crippen LogP contribution in [-0.2, 0) is 4.79 Å². The number of hydrogen-bond acceptors (Lipinski definition) is 2. The third kappa shape index (κ3) is 8.44. The maximum absolute atomic E-state index is 11.4. The molecule has 1 saturated carbocycles. The molecule has 0 radical (unpaired) electrons. The molecule has 1 fully saturated rings. The lowest BCUT2D eigenvalue weighted by molar-refractivity contribution is -0.121. The van der Waals surface area contributed by atoms with E-state index in [4.69, 9.17) is 0 Å². The number of amides is 1. The fourth-order valence-electron chi connectivity index (χ4n) is 2.43. The van der Waals surface area contributed by atoms with Gasteiger partial charge in [0.2, 0.25) is 5.91 Å². The summed E-state index contributed by atoms with van der Waals surface area (Å²) in [4.78, 5) is 11.4. The molecule has 0 aromatic heterocycles. The number of rotatable bonds is 8. The number of halogens is 1. The van der Waals surface area contributed by atoms with Crippen molar-refractivity contribution < 1.29 is 4.79 Å². The van der Waals surface area contributed by atoms with Crippen LogP contribution < -0.4 is 10.6 Å². The van der Waals surface area contributed by atoms with Crippen molar-refractivity contribution in [1.82, 2.24) is 10.6 Å². The predicted octanol–water partition coefficient (Wildman–Crippen LogP) is 2.49. The van der Waals surface area contributed by atoms with Crippen molar-refractivity contribution in [2.45, 2.75) is 51.4 Å². The van der Waals surface area contributed by atoms with Crippen molar-refractivity contribution in [3.63, 3.8) is 0 Å². The van der Waals surface area contributed by atoms with Crippen LogP contribution in [0.15, 0.2) is 0 Å². The normalized spacial score (nSPS) is 15.6. The Balaban J connectivity index is 0.00000256. The Morgan fingerprint density at radius 1 is 1.18 bits per heavy atom. The first-order chi connectivity index (χ1) is 7.83. The lowest BCUT2D eigenvalue weighted by Crippen LogP contribution is -2.26. The minimum absolute atomic E-state index is 0. The minimum atomic E-state index is 0. The van der Waals surface area contributed by atoms with Crippen LogP contribution in [0.3, 0.4) is 0 Å². The molecule has 1 rings (SSSR count). The zero-order valence-electron chi connectivity index (χ0n) is 11.0. The summed E-state index contributed by atoms with van der Waals surface area (Å²) in [6, 6.07) is 0. The van der Waals surface area contributed by atoms with E-state index in [0.717, 1.165) is 38.3 Å². The Labute approximate surface area is 112 Å². The van der Waals surface area contributed by atoms with Crippen molar-refractivity contribution >= 4 is 18.3 Å². The Morgan fingerprint density at radius 2 is 1.88 bits per heavy atom. The average molecular weight is 263 g/mol. The van der Waals surface area contributed by atoms with Crippen LogP contribution in [-0.4, -0.2) is 26.0 Å². The van der Waals surface area contributed by atoms with Crippen molar-refractivity contribution in [1.29, 1.82) is 0 Å². The van der Waals surface area contributed by atoms with Gasteiger partial charge in [-0.15, -0.1) is 12.4 Å². The van der Waals surface area contributed by atoms with E-state index >= 15 is 0 Å². The van der Waals surface area contributed by atoms with Crippen molar-refractivity contribution in [3.05, 3.63) is 0 Å². The molecule has 0 unspecified atom stereocenters. The first-order valence-corrected chi connectivity index (χ1v) is 6.74. The number of hydrogen-bond donors (Lipinski definition) is 2. The third-order valence-corrected chi connectivity index (χ3v) is 3.42. The van der Waals surface area contributed by atoms with E-state index in [1.807, 2.05) is 7.05 Å². The first kappa shape index (κ1) is 16.7. The molecule has 0 aromatic carbocycles. The molecule has 0 bridgehead atoms. The summed E-state index contributed by atoms with van der Waals surface area (Å²) >= 11 is 0. The van der Waals surface area contributed by atoms with Gasteiger partial charge in [-0.3, -0.25) is 4.79 Å². The molecule has 2 N–H and O–H groups in total. The maximum atomic E-state index is 11.4. The zero-order chi connectivity index (χ0) is 11.6. The summed E-state index contributed by atoms with van der Waals surface area (Å²) < 4.78 is 0. The Hall–Kier alpha value is -0.280. The highest BCUT2D eigenvalue weighted by molar-refractivity contribution is 5.85. The van der Waals surface area contributed by atoms with Gasteiger partial charge in [-0.2, -0.15) is 0 Å². The standard InChI is InChI=1S/C13H26N2O.ClH/c1-14-10-5-11-15-13(16)9-4-8-12-6-2-3-7-12;/h12,14H,2-11H2,1H3,(H,15,16);1H. The number of nitrogens with one attached hydrogen (secondary N) is 2. The topological polar surface area (TPSA) is 41.1 Å². The van der Waals surface area contributed by atoms with Crippen molar-refractivity contribution in [3.8, 4) is 0 Å². The van der Waals surface area contributed by atoms with Crippen LogP contribution in [0.1, 0.15) is 51.4 Å². The summed E-state index contributed by atoms with van der Waals surface area (Å²) in [5.74, 6) is 1.14. The van der Waals surface area contributed by atoms with E-state index in [0.29, 0.717) is 0 Å². The summed E-state index contributed by atoms with van der Waals surface area (Å²) in [5, 5.41) is 6.03. The molecule has 1 amide bonds. The lowest BCUT2D eigenvalue weighted by atomic mass is 10.0. The average Bonchev–Trinajstić information content (AvgIpc) is 2.77. The molecule has 0 aromatic rings. The van der Waals surface area contributed by atoms with E-state index in [1.54, 1.807) is 0 Å². The molecule has 17 heavy (non-hydrogen) atoms. The highest BCUT2D eigenvalue weighted by atomic mass is 35.5. The molecular formula is C13H27ClN2O. The SMILES string of the molecule is CNCCCNC(=O)CCCC1CCCC1.Cl. The molecule has 0 spiro atoms. The summed E-state index contributed by atoms with van der Waals surface area (Å²) in [5.41, 5.74) is 0. The van der Waals surface area contributed by atoms with Crippen LogP contribution >= 0.6 is 12.4 Å². The van der Waals surface area contributed by atoms with Gasteiger partial charge < -0.3 is 10.6 Å². The highest BCUT2D eigenvalue weighted by Crippen LogP contribution is 2.28. The maximum Gasteiger partial charge on any atom is 0.219 e. The molecule has 102 valence electrons. The van der Waals surface area contributed by atoms with Gasteiger partial charge in [0, 0.05) is 13.0 Å². The Bertz CT molecular complexity index is 194. The number of carbonyl (C=O) groups is 1. The van der Waals surface area contributed by atoms with Crippen LogP contribution in [0, 0.1) is 5.92 Å². The van der Waals surface area contributed by atoms with E-state index in [9.17, 15) is 4.79 Å². The highest BCUT2D eigenvalue weighted by Gasteiger charge is 2.14. The summed E-state index contributed by atoms with van der Waals surface area (Å²) in [6.07, 6.45) is 9.66. The summed E-state index contributed by atoms with van der Waals surface area (Å²) in [7, 11) is 1.93.